The van der Waals surface area contributed by atoms with E-state index in [4.69, 9.17) is 4.74 Å². The number of hydrogen-bond acceptors (Lipinski definition) is 5. The molecule has 2 aromatic carbocycles. The molecule has 0 aliphatic carbocycles. The van der Waals surface area contributed by atoms with Gasteiger partial charge in [-0.3, -0.25) is 4.79 Å². The number of hydrogen-bond donors (Lipinski definition) is 1. The van der Waals surface area contributed by atoms with Crippen molar-refractivity contribution in [3.05, 3.63) is 71.5 Å². The fourth-order valence-electron chi connectivity index (χ4n) is 3.79. The quantitative estimate of drug-likeness (QED) is 0.534. The van der Waals surface area contributed by atoms with Crippen LogP contribution in [0.1, 0.15) is 24.8 Å². The molecule has 0 unspecified atom stereocenters. The van der Waals surface area contributed by atoms with Gasteiger partial charge in [-0.2, -0.15) is 0 Å². The Kier molecular flexibility index (Phi) is 7.14. The van der Waals surface area contributed by atoms with E-state index in [1.165, 1.54) is 12.1 Å². The molecule has 0 radical (unpaired) electrons. The van der Waals surface area contributed by atoms with Crippen LogP contribution >= 0.6 is 11.3 Å². The lowest BCUT2D eigenvalue weighted by Crippen LogP contribution is -2.41. The summed E-state index contributed by atoms with van der Waals surface area (Å²) in [5.41, 5.74) is 1.03. The number of ether oxygens (including phenoxy) is 1. The molecule has 2 heterocycles. The van der Waals surface area contributed by atoms with Crippen LogP contribution in [-0.2, 0) is 11.2 Å². The largest absolute Gasteiger partial charge is 0.457 e. The van der Waals surface area contributed by atoms with Crippen LogP contribution in [0.15, 0.2) is 60.1 Å². The van der Waals surface area contributed by atoms with Crippen molar-refractivity contribution in [2.24, 2.45) is 5.92 Å². The Labute approximate surface area is 185 Å². The van der Waals surface area contributed by atoms with Gasteiger partial charge >= 0.3 is 0 Å². The highest BCUT2D eigenvalue weighted by Gasteiger charge is 2.21. The molecule has 7 heteroatoms. The number of benzene rings is 2. The maximum absolute atomic E-state index is 13.0. The molecule has 162 valence electrons. The number of nitrogens with zero attached hydrogens (tertiary/aromatic N) is 2. The molecule has 3 aromatic rings. The third-order valence-corrected chi connectivity index (χ3v) is 6.22. The topological polar surface area (TPSA) is 54.5 Å². The molecular formula is C24H26FN3O2S. The third kappa shape index (κ3) is 6.28. The SMILES string of the molecule is O=C(CCc1cccc(Oc2ccc(F)cc2)c1)NC[C@@H]1CCCN(c2nccs2)C1. The summed E-state index contributed by atoms with van der Waals surface area (Å²) in [6, 6.07) is 13.6. The number of amides is 1. The number of aryl methyl sites for hydroxylation is 1. The summed E-state index contributed by atoms with van der Waals surface area (Å²) < 4.78 is 18.8. The van der Waals surface area contributed by atoms with E-state index in [-0.39, 0.29) is 11.7 Å². The van der Waals surface area contributed by atoms with Crippen molar-refractivity contribution < 1.29 is 13.9 Å². The fraction of sp³-hybridized carbons (Fsp3) is 0.333. The number of nitrogens with one attached hydrogen (secondary N) is 1. The average Bonchev–Trinajstić information content (AvgIpc) is 3.33. The number of piperidine rings is 1. The molecule has 0 bridgehead atoms. The highest BCUT2D eigenvalue weighted by molar-refractivity contribution is 7.13. The van der Waals surface area contributed by atoms with E-state index >= 15 is 0 Å². The van der Waals surface area contributed by atoms with Crippen molar-refractivity contribution in [3.63, 3.8) is 0 Å². The van der Waals surface area contributed by atoms with Gasteiger partial charge in [-0.15, -0.1) is 11.3 Å². The number of carbonyl (C=O) groups is 1. The Morgan fingerprint density at radius 2 is 2.10 bits per heavy atom. The first-order valence-electron chi connectivity index (χ1n) is 10.6. The summed E-state index contributed by atoms with van der Waals surface area (Å²) in [5, 5.41) is 6.17. The predicted molar refractivity (Wildman–Crippen MR) is 121 cm³/mol. The molecule has 1 aromatic heterocycles. The van der Waals surface area contributed by atoms with Gasteiger partial charge in [-0.1, -0.05) is 12.1 Å². The number of rotatable bonds is 8. The molecule has 5 nitrogen and oxygen atoms in total. The Morgan fingerprint density at radius 1 is 1.23 bits per heavy atom. The highest BCUT2D eigenvalue weighted by Crippen LogP contribution is 2.25. The summed E-state index contributed by atoms with van der Waals surface area (Å²) in [7, 11) is 0. The second kappa shape index (κ2) is 10.4. The molecular weight excluding hydrogens is 413 g/mol. The zero-order chi connectivity index (χ0) is 21.5. The summed E-state index contributed by atoms with van der Waals surface area (Å²) in [6.45, 7) is 2.68. The monoisotopic (exact) mass is 439 g/mol. The van der Waals surface area contributed by atoms with Gasteiger partial charge in [0.1, 0.15) is 17.3 Å². The minimum Gasteiger partial charge on any atom is -0.457 e. The maximum Gasteiger partial charge on any atom is 0.220 e. The maximum atomic E-state index is 13.0. The molecule has 1 fully saturated rings. The van der Waals surface area contributed by atoms with Crippen LogP contribution in [0.4, 0.5) is 9.52 Å². The summed E-state index contributed by atoms with van der Waals surface area (Å²) >= 11 is 1.66. The standard InChI is InChI=1S/C24H26FN3O2S/c25-20-7-9-21(10-8-20)30-22-5-1-3-18(15-22)6-11-23(29)27-16-19-4-2-13-28(17-19)24-26-12-14-31-24/h1,3,5,7-10,12,14-15,19H,2,4,6,11,13,16-17H2,(H,27,29)/t19-/m0/s1. The van der Waals surface area contributed by atoms with Gasteiger partial charge in [0.25, 0.3) is 0 Å². The molecule has 4 rings (SSSR count). The van der Waals surface area contributed by atoms with Gasteiger partial charge < -0.3 is 15.0 Å². The van der Waals surface area contributed by atoms with Crippen LogP contribution in [-0.4, -0.2) is 30.5 Å². The van der Waals surface area contributed by atoms with E-state index in [1.807, 2.05) is 35.8 Å². The lowest BCUT2D eigenvalue weighted by Gasteiger charge is -2.32. The van der Waals surface area contributed by atoms with Crippen molar-refractivity contribution >= 4 is 22.4 Å². The first kappa shape index (κ1) is 21.3. The van der Waals surface area contributed by atoms with E-state index in [9.17, 15) is 9.18 Å². The Balaban J connectivity index is 1.22. The van der Waals surface area contributed by atoms with E-state index in [0.717, 1.165) is 36.6 Å². The van der Waals surface area contributed by atoms with Gasteiger partial charge in [0, 0.05) is 37.6 Å². The first-order chi connectivity index (χ1) is 15.2. The van der Waals surface area contributed by atoms with Crippen LogP contribution < -0.4 is 15.0 Å². The van der Waals surface area contributed by atoms with Gasteiger partial charge in [0.05, 0.1) is 0 Å². The van der Waals surface area contributed by atoms with Crippen molar-refractivity contribution in [1.29, 1.82) is 0 Å². The normalized spacial score (nSPS) is 16.2. The van der Waals surface area contributed by atoms with Crippen LogP contribution in [0, 0.1) is 11.7 Å². The predicted octanol–water partition coefficient (Wildman–Crippen LogP) is 5.04. The second-order valence-electron chi connectivity index (χ2n) is 7.78. The summed E-state index contributed by atoms with van der Waals surface area (Å²) in [4.78, 5) is 19.1. The second-order valence-corrected chi connectivity index (χ2v) is 8.65. The number of aromatic nitrogens is 1. The van der Waals surface area contributed by atoms with Crippen LogP contribution in [0.3, 0.4) is 0 Å². The van der Waals surface area contributed by atoms with E-state index in [2.05, 4.69) is 15.2 Å². The number of thiazole rings is 1. The lowest BCUT2D eigenvalue weighted by molar-refractivity contribution is -0.121. The van der Waals surface area contributed by atoms with E-state index < -0.39 is 0 Å². The van der Waals surface area contributed by atoms with Gasteiger partial charge in [0.15, 0.2) is 5.13 Å². The Hall–Kier alpha value is -2.93. The molecule has 1 N–H and O–H groups in total. The van der Waals surface area contributed by atoms with Crippen LogP contribution in [0.25, 0.3) is 0 Å². The summed E-state index contributed by atoms with van der Waals surface area (Å²) in [6.07, 6.45) is 5.17. The molecule has 1 aliphatic heterocycles. The van der Waals surface area contributed by atoms with Crippen molar-refractivity contribution in [2.45, 2.75) is 25.7 Å². The zero-order valence-electron chi connectivity index (χ0n) is 17.3. The van der Waals surface area contributed by atoms with Crippen LogP contribution in [0.5, 0.6) is 11.5 Å². The number of halogens is 1. The third-order valence-electron chi connectivity index (χ3n) is 5.39. The van der Waals surface area contributed by atoms with Crippen molar-refractivity contribution in [1.82, 2.24) is 10.3 Å². The Bertz CT molecular complexity index is 979. The Morgan fingerprint density at radius 3 is 2.90 bits per heavy atom. The minimum atomic E-state index is -0.295. The van der Waals surface area contributed by atoms with Crippen molar-refractivity contribution in [3.8, 4) is 11.5 Å². The molecule has 1 saturated heterocycles. The average molecular weight is 440 g/mol. The molecule has 31 heavy (non-hydrogen) atoms. The lowest BCUT2D eigenvalue weighted by atomic mass is 9.98. The van der Waals surface area contributed by atoms with Gasteiger partial charge in [-0.05, 0) is 67.1 Å². The van der Waals surface area contributed by atoms with Crippen molar-refractivity contribution in [2.75, 3.05) is 24.5 Å². The molecule has 0 spiro atoms. The molecule has 0 saturated carbocycles. The van der Waals surface area contributed by atoms with Crippen LogP contribution in [0.2, 0.25) is 0 Å². The molecule has 1 atom stereocenters. The fourth-order valence-corrected chi connectivity index (χ4v) is 4.47. The number of carbonyl (C=O) groups excluding carboxylic acids is 1. The van der Waals surface area contributed by atoms with E-state index in [1.54, 1.807) is 23.5 Å². The smallest absolute Gasteiger partial charge is 0.220 e. The molecule has 1 amide bonds. The number of anilines is 1. The van der Waals surface area contributed by atoms with Gasteiger partial charge in [0.2, 0.25) is 5.91 Å². The first-order valence-corrected chi connectivity index (χ1v) is 11.5. The zero-order valence-corrected chi connectivity index (χ0v) is 18.1. The highest BCUT2D eigenvalue weighted by atomic mass is 32.1. The summed E-state index contributed by atoms with van der Waals surface area (Å²) in [5.74, 6) is 1.48. The molecule has 1 aliphatic rings. The van der Waals surface area contributed by atoms with Gasteiger partial charge in [-0.25, -0.2) is 9.37 Å². The minimum absolute atomic E-state index is 0.0660. The van der Waals surface area contributed by atoms with E-state index in [0.29, 0.717) is 36.8 Å².